The molecule has 3 nitrogen and oxygen atoms in total. The highest BCUT2D eigenvalue weighted by atomic mass is 32.2. The van der Waals surface area contributed by atoms with Crippen LogP contribution in [0.3, 0.4) is 0 Å². The second kappa shape index (κ2) is 6.06. The summed E-state index contributed by atoms with van der Waals surface area (Å²) in [6.45, 7) is 0. The standard InChI is InChI=1S/C15H23NO2S/c1-16-15(9-10-19(2,17)18)14-8-7-12-5-3-4-6-13(12)11-14/h3-6,14-16H,7-11H2,1-2H3. The van der Waals surface area contributed by atoms with E-state index in [2.05, 4.69) is 29.6 Å². The maximum absolute atomic E-state index is 11.3. The van der Waals surface area contributed by atoms with Gasteiger partial charge in [-0.15, -0.1) is 0 Å². The highest BCUT2D eigenvalue weighted by Gasteiger charge is 2.25. The molecule has 4 heteroatoms. The summed E-state index contributed by atoms with van der Waals surface area (Å²) in [5, 5.41) is 3.31. The molecule has 106 valence electrons. The monoisotopic (exact) mass is 281 g/mol. The highest BCUT2D eigenvalue weighted by molar-refractivity contribution is 7.90. The van der Waals surface area contributed by atoms with Crippen LogP contribution in [0, 0.1) is 5.92 Å². The van der Waals surface area contributed by atoms with E-state index in [1.165, 1.54) is 17.4 Å². The molecule has 0 aromatic heterocycles. The summed E-state index contributed by atoms with van der Waals surface area (Å²) in [5.41, 5.74) is 2.88. The summed E-state index contributed by atoms with van der Waals surface area (Å²) in [6, 6.07) is 8.88. The predicted octanol–water partition coefficient (Wildman–Crippen LogP) is 1.81. The van der Waals surface area contributed by atoms with Crippen molar-refractivity contribution in [2.45, 2.75) is 31.7 Å². The van der Waals surface area contributed by atoms with Crippen LogP contribution < -0.4 is 5.32 Å². The van der Waals surface area contributed by atoms with Crippen molar-refractivity contribution >= 4 is 9.84 Å². The lowest BCUT2D eigenvalue weighted by Crippen LogP contribution is -2.38. The normalized spacial score (nSPS) is 20.8. The van der Waals surface area contributed by atoms with Gasteiger partial charge in [0.2, 0.25) is 0 Å². The van der Waals surface area contributed by atoms with Gasteiger partial charge in [0, 0.05) is 12.3 Å². The number of hydrogen-bond acceptors (Lipinski definition) is 3. The first kappa shape index (κ1) is 14.5. The average molecular weight is 281 g/mol. The number of sulfone groups is 1. The molecular formula is C15H23NO2S. The molecule has 0 heterocycles. The van der Waals surface area contributed by atoms with Gasteiger partial charge in [0.25, 0.3) is 0 Å². The second-order valence-corrected chi connectivity index (χ2v) is 7.85. The van der Waals surface area contributed by atoms with Gasteiger partial charge in [-0.2, -0.15) is 0 Å². The number of hydrogen-bond donors (Lipinski definition) is 1. The van der Waals surface area contributed by atoms with Gasteiger partial charge in [0.1, 0.15) is 9.84 Å². The molecule has 0 amide bonds. The van der Waals surface area contributed by atoms with E-state index in [0.29, 0.717) is 18.4 Å². The molecule has 0 fully saturated rings. The fourth-order valence-electron chi connectivity index (χ4n) is 3.03. The van der Waals surface area contributed by atoms with Crippen molar-refractivity contribution in [2.24, 2.45) is 5.92 Å². The third-order valence-corrected chi connectivity index (χ3v) is 5.10. The van der Waals surface area contributed by atoms with Gasteiger partial charge in [-0.1, -0.05) is 24.3 Å². The molecule has 0 aliphatic heterocycles. The van der Waals surface area contributed by atoms with Crippen molar-refractivity contribution in [2.75, 3.05) is 19.1 Å². The Hall–Kier alpha value is -0.870. The van der Waals surface area contributed by atoms with Crippen LogP contribution >= 0.6 is 0 Å². The Kier molecular flexibility index (Phi) is 4.63. The topological polar surface area (TPSA) is 46.2 Å². The van der Waals surface area contributed by atoms with E-state index >= 15 is 0 Å². The van der Waals surface area contributed by atoms with Crippen molar-refractivity contribution in [3.05, 3.63) is 35.4 Å². The molecule has 0 radical (unpaired) electrons. The first-order chi connectivity index (χ1) is 8.99. The molecule has 1 aliphatic carbocycles. The zero-order valence-corrected chi connectivity index (χ0v) is 12.5. The van der Waals surface area contributed by atoms with Crippen LogP contribution in [0.2, 0.25) is 0 Å². The van der Waals surface area contributed by atoms with Crippen molar-refractivity contribution in [1.82, 2.24) is 5.32 Å². The van der Waals surface area contributed by atoms with Crippen LogP contribution in [0.25, 0.3) is 0 Å². The van der Waals surface area contributed by atoms with E-state index in [9.17, 15) is 8.42 Å². The third-order valence-electron chi connectivity index (χ3n) is 4.12. The SMILES string of the molecule is CNC(CCS(C)(=O)=O)C1CCc2ccccc2C1. The number of nitrogens with one attached hydrogen (secondary N) is 1. The molecule has 1 aromatic carbocycles. The van der Waals surface area contributed by atoms with E-state index < -0.39 is 9.84 Å². The Labute approximate surface area is 116 Å². The molecule has 1 N–H and O–H groups in total. The molecule has 2 rings (SSSR count). The lowest BCUT2D eigenvalue weighted by molar-refractivity contribution is 0.328. The molecule has 1 aromatic rings. The van der Waals surface area contributed by atoms with Gasteiger partial charge in [0.05, 0.1) is 5.75 Å². The van der Waals surface area contributed by atoms with Crippen molar-refractivity contribution in [1.29, 1.82) is 0 Å². The average Bonchev–Trinajstić information content (AvgIpc) is 2.38. The Bertz CT molecular complexity index is 525. The van der Waals surface area contributed by atoms with Gasteiger partial charge >= 0.3 is 0 Å². The molecule has 2 unspecified atom stereocenters. The second-order valence-electron chi connectivity index (χ2n) is 5.59. The summed E-state index contributed by atoms with van der Waals surface area (Å²) < 4.78 is 22.6. The Morgan fingerprint density at radius 2 is 2.00 bits per heavy atom. The maximum atomic E-state index is 11.3. The first-order valence-electron chi connectivity index (χ1n) is 6.91. The van der Waals surface area contributed by atoms with Crippen LogP contribution in [-0.4, -0.2) is 33.5 Å². The summed E-state index contributed by atoms with van der Waals surface area (Å²) >= 11 is 0. The van der Waals surface area contributed by atoms with E-state index in [1.807, 2.05) is 7.05 Å². The fraction of sp³-hybridized carbons (Fsp3) is 0.600. The molecule has 0 spiro atoms. The summed E-state index contributed by atoms with van der Waals surface area (Å²) in [4.78, 5) is 0. The summed E-state index contributed by atoms with van der Waals surface area (Å²) in [7, 11) is -0.931. The minimum Gasteiger partial charge on any atom is -0.317 e. The number of benzene rings is 1. The number of aryl methyl sites for hydroxylation is 1. The third kappa shape index (κ3) is 4.05. The predicted molar refractivity (Wildman–Crippen MR) is 79.1 cm³/mol. The van der Waals surface area contributed by atoms with Gasteiger partial charge in [0.15, 0.2) is 0 Å². The lowest BCUT2D eigenvalue weighted by atomic mass is 9.79. The molecule has 2 atom stereocenters. The Balaban J connectivity index is 2.02. The van der Waals surface area contributed by atoms with E-state index in [0.717, 1.165) is 19.3 Å². The zero-order valence-electron chi connectivity index (χ0n) is 11.7. The molecular weight excluding hydrogens is 258 g/mol. The summed E-state index contributed by atoms with van der Waals surface area (Å²) in [5.74, 6) is 0.818. The van der Waals surface area contributed by atoms with Crippen molar-refractivity contribution in [3.63, 3.8) is 0 Å². The lowest BCUT2D eigenvalue weighted by Gasteiger charge is -2.31. The van der Waals surface area contributed by atoms with E-state index in [1.54, 1.807) is 0 Å². The molecule has 1 aliphatic rings. The van der Waals surface area contributed by atoms with Crippen LogP contribution in [0.15, 0.2) is 24.3 Å². The minimum absolute atomic E-state index is 0.274. The highest BCUT2D eigenvalue weighted by Crippen LogP contribution is 2.28. The smallest absolute Gasteiger partial charge is 0.147 e. The van der Waals surface area contributed by atoms with E-state index in [4.69, 9.17) is 0 Å². The fourth-order valence-corrected chi connectivity index (χ4v) is 3.71. The molecule has 0 saturated carbocycles. The van der Waals surface area contributed by atoms with Crippen molar-refractivity contribution < 1.29 is 8.42 Å². The zero-order chi connectivity index (χ0) is 13.9. The first-order valence-corrected chi connectivity index (χ1v) is 8.97. The quantitative estimate of drug-likeness (QED) is 0.895. The Morgan fingerprint density at radius 1 is 1.32 bits per heavy atom. The summed E-state index contributed by atoms with van der Waals surface area (Å²) in [6.07, 6.45) is 5.34. The van der Waals surface area contributed by atoms with Gasteiger partial charge < -0.3 is 5.32 Å². The number of fused-ring (bicyclic) bond motifs is 1. The van der Waals surface area contributed by atoms with Gasteiger partial charge in [-0.05, 0) is 49.8 Å². The van der Waals surface area contributed by atoms with Gasteiger partial charge in [-0.3, -0.25) is 0 Å². The molecule has 19 heavy (non-hydrogen) atoms. The van der Waals surface area contributed by atoms with Crippen LogP contribution in [-0.2, 0) is 22.7 Å². The number of rotatable bonds is 5. The maximum Gasteiger partial charge on any atom is 0.147 e. The van der Waals surface area contributed by atoms with E-state index in [-0.39, 0.29) is 5.75 Å². The van der Waals surface area contributed by atoms with Crippen molar-refractivity contribution in [3.8, 4) is 0 Å². The minimum atomic E-state index is -2.87. The largest absolute Gasteiger partial charge is 0.317 e. The Morgan fingerprint density at radius 3 is 2.63 bits per heavy atom. The molecule has 0 saturated heterocycles. The van der Waals surface area contributed by atoms with Crippen LogP contribution in [0.1, 0.15) is 24.0 Å². The van der Waals surface area contributed by atoms with Crippen LogP contribution in [0.5, 0.6) is 0 Å². The van der Waals surface area contributed by atoms with Gasteiger partial charge in [-0.25, -0.2) is 8.42 Å². The van der Waals surface area contributed by atoms with Crippen LogP contribution in [0.4, 0.5) is 0 Å². The molecule has 0 bridgehead atoms.